The van der Waals surface area contributed by atoms with Crippen LogP contribution in [0.3, 0.4) is 0 Å². The number of fused-ring (bicyclic) bond motifs is 3. The smallest absolute Gasteiger partial charge is 0.416 e. The van der Waals surface area contributed by atoms with Gasteiger partial charge in [0.2, 0.25) is 0 Å². The van der Waals surface area contributed by atoms with Crippen molar-refractivity contribution in [3.63, 3.8) is 0 Å². The molecule has 0 bridgehead atoms. The van der Waals surface area contributed by atoms with Crippen LogP contribution in [0, 0.1) is 5.82 Å². The molecule has 232 valence electrons. The molecule has 6 nitrogen and oxygen atoms in total. The van der Waals surface area contributed by atoms with Crippen molar-refractivity contribution in [2.45, 2.75) is 29.9 Å². The Labute approximate surface area is 239 Å². The third-order valence-corrected chi connectivity index (χ3v) is 8.85. The summed E-state index contributed by atoms with van der Waals surface area (Å²) >= 11 is 0. The standard InChI is InChI=1S/C27H22F9N3O3S/c28-19-8-17(9-21(12-19)42-25(29)30)16-4-5-23-24(10-16)39(14-20-13-37(6-7-38(20)23)15-26(31,32)33)43(40,41)22-3-1-2-18(11-22)27(34,35)36/h1-5,8-12,20,25H,6-7,13-15H2. The summed E-state index contributed by atoms with van der Waals surface area (Å²) in [5.41, 5.74) is -0.789. The maximum atomic E-state index is 14.3. The Morgan fingerprint density at radius 3 is 2.28 bits per heavy atom. The number of ether oxygens (including phenoxy) is 1. The second-order valence-corrected chi connectivity index (χ2v) is 11.9. The number of sulfonamides is 1. The van der Waals surface area contributed by atoms with Gasteiger partial charge < -0.3 is 9.64 Å². The van der Waals surface area contributed by atoms with Gasteiger partial charge in [-0.15, -0.1) is 0 Å². The largest absolute Gasteiger partial charge is 0.435 e. The Morgan fingerprint density at radius 1 is 0.860 bits per heavy atom. The van der Waals surface area contributed by atoms with Crippen LogP contribution in [0.4, 0.5) is 50.9 Å². The van der Waals surface area contributed by atoms with Crippen LogP contribution in [0.5, 0.6) is 5.75 Å². The summed E-state index contributed by atoms with van der Waals surface area (Å²) in [4.78, 5) is 2.13. The fourth-order valence-corrected chi connectivity index (χ4v) is 6.87. The minimum atomic E-state index is -4.86. The molecule has 1 saturated heterocycles. The molecule has 3 aromatic rings. The third-order valence-electron chi connectivity index (χ3n) is 7.08. The van der Waals surface area contributed by atoms with Gasteiger partial charge in [-0.25, -0.2) is 12.8 Å². The molecule has 2 aliphatic rings. The summed E-state index contributed by atoms with van der Waals surface area (Å²) in [5.74, 6) is -1.43. The average molecular weight is 640 g/mol. The van der Waals surface area contributed by atoms with Gasteiger partial charge >= 0.3 is 19.0 Å². The van der Waals surface area contributed by atoms with E-state index < -0.39 is 70.1 Å². The summed E-state index contributed by atoms with van der Waals surface area (Å²) in [7, 11) is -4.72. The molecule has 2 aliphatic heterocycles. The number of benzene rings is 3. The molecule has 0 N–H and O–H groups in total. The molecule has 2 heterocycles. The number of alkyl halides is 8. The van der Waals surface area contributed by atoms with Gasteiger partial charge in [0.1, 0.15) is 11.6 Å². The van der Waals surface area contributed by atoms with Crippen molar-refractivity contribution in [1.29, 1.82) is 0 Å². The van der Waals surface area contributed by atoms with E-state index in [0.29, 0.717) is 12.1 Å². The maximum absolute atomic E-state index is 14.3. The van der Waals surface area contributed by atoms with Gasteiger partial charge in [0.05, 0.1) is 41.0 Å². The summed E-state index contributed by atoms with van der Waals surface area (Å²) in [5, 5.41) is 0. The molecule has 0 aromatic heterocycles. The van der Waals surface area contributed by atoms with Crippen molar-refractivity contribution in [3.8, 4) is 16.9 Å². The molecular formula is C27H22F9N3O3S. The number of piperazine rings is 1. The highest BCUT2D eigenvalue weighted by molar-refractivity contribution is 7.92. The highest BCUT2D eigenvalue weighted by atomic mass is 32.2. The van der Waals surface area contributed by atoms with Gasteiger partial charge in [-0.05, 0) is 53.6 Å². The minimum Gasteiger partial charge on any atom is -0.435 e. The number of hydrogen-bond acceptors (Lipinski definition) is 5. The SMILES string of the molecule is O=S(=O)(c1cccc(C(F)(F)F)c1)N1CC2CN(CC(F)(F)F)CCN2c2ccc(-c3cc(F)cc(OC(F)F)c3)cc21. The molecule has 43 heavy (non-hydrogen) atoms. The lowest BCUT2D eigenvalue weighted by Crippen LogP contribution is -2.61. The lowest BCUT2D eigenvalue weighted by molar-refractivity contribution is -0.147. The average Bonchev–Trinajstić information content (AvgIpc) is 2.90. The molecule has 0 radical (unpaired) electrons. The van der Waals surface area contributed by atoms with E-state index in [-0.39, 0.29) is 42.1 Å². The van der Waals surface area contributed by atoms with Crippen LogP contribution in [-0.2, 0) is 16.2 Å². The van der Waals surface area contributed by atoms with Crippen molar-refractivity contribution in [3.05, 3.63) is 72.0 Å². The highest BCUT2D eigenvalue weighted by Crippen LogP contribution is 2.43. The van der Waals surface area contributed by atoms with E-state index in [4.69, 9.17) is 0 Å². The number of rotatable bonds is 6. The number of hydrogen-bond donors (Lipinski definition) is 0. The second kappa shape index (κ2) is 11.1. The lowest BCUT2D eigenvalue weighted by atomic mass is 10.00. The Morgan fingerprint density at radius 2 is 1.60 bits per heavy atom. The maximum Gasteiger partial charge on any atom is 0.416 e. The summed E-state index contributed by atoms with van der Waals surface area (Å²) < 4.78 is 152. The van der Waals surface area contributed by atoms with Crippen LogP contribution in [-0.4, -0.2) is 64.9 Å². The number of anilines is 2. The minimum absolute atomic E-state index is 0.00416. The zero-order chi connectivity index (χ0) is 31.3. The number of halogens is 9. The Kier molecular flexibility index (Phi) is 7.96. The Hall–Kier alpha value is -3.66. The van der Waals surface area contributed by atoms with Crippen molar-refractivity contribution >= 4 is 21.4 Å². The van der Waals surface area contributed by atoms with Crippen LogP contribution >= 0.6 is 0 Å². The molecule has 5 rings (SSSR count). The Bertz CT molecular complexity index is 1610. The predicted molar refractivity (Wildman–Crippen MR) is 138 cm³/mol. The van der Waals surface area contributed by atoms with Gasteiger partial charge in [0.25, 0.3) is 10.0 Å². The molecular weight excluding hydrogens is 617 g/mol. The van der Waals surface area contributed by atoms with Crippen molar-refractivity contribution in [1.82, 2.24) is 4.90 Å². The van der Waals surface area contributed by atoms with Crippen molar-refractivity contribution < 1.29 is 52.7 Å². The van der Waals surface area contributed by atoms with E-state index in [1.54, 1.807) is 4.90 Å². The van der Waals surface area contributed by atoms with Crippen LogP contribution in [0.25, 0.3) is 11.1 Å². The molecule has 0 amide bonds. The van der Waals surface area contributed by atoms with Crippen LogP contribution in [0.2, 0.25) is 0 Å². The van der Waals surface area contributed by atoms with E-state index in [2.05, 4.69) is 4.74 Å². The zero-order valence-corrected chi connectivity index (χ0v) is 22.7. The fraction of sp³-hybridized carbons (Fsp3) is 0.333. The quantitative estimate of drug-likeness (QED) is 0.294. The molecule has 1 fully saturated rings. The van der Waals surface area contributed by atoms with Gasteiger partial charge in [-0.3, -0.25) is 9.21 Å². The molecule has 0 spiro atoms. The molecule has 0 saturated carbocycles. The number of nitrogens with zero attached hydrogens (tertiary/aromatic N) is 3. The van der Waals surface area contributed by atoms with E-state index in [0.717, 1.165) is 39.5 Å². The normalized spacial score (nSPS) is 18.0. The van der Waals surface area contributed by atoms with E-state index in [1.165, 1.54) is 18.2 Å². The summed E-state index contributed by atoms with van der Waals surface area (Å²) in [6.45, 7) is -5.00. The van der Waals surface area contributed by atoms with Crippen molar-refractivity contribution in [2.24, 2.45) is 0 Å². The van der Waals surface area contributed by atoms with E-state index >= 15 is 0 Å². The molecule has 0 aliphatic carbocycles. The van der Waals surface area contributed by atoms with Crippen LogP contribution < -0.4 is 13.9 Å². The van der Waals surface area contributed by atoms with Gasteiger partial charge in [-0.1, -0.05) is 12.1 Å². The first-order chi connectivity index (χ1) is 20.0. The van der Waals surface area contributed by atoms with E-state index in [9.17, 15) is 47.9 Å². The van der Waals surface area contributed by atoms with Crippen LogP contribution in [0.15, 0.2) is 65.6 Å². The third kappa shape index (κ3) is 6.64. The molecule has 1 atom stereocenters. The van der Waals surface area contributed by atoms with Gasteiger partial charge in [0, 0.05) is 25.7 Å². The fourth-order valence-electron chi connectivity index (χ4n) is 5.31. The van der Waals surface area contributed by atoms with Gasteiger partial charge in [-0.2, -0.15) is 35.1 Å². The second-order valence-electron chi connectivity index (χ2n) is 10.0. The summed E-state index contributed by atoms with van der Waals surface area (Å²) in [6.07, 6.45) is -9.36. The van der Waals surface area contributed by atoms with Gasteiger partial charge in [0.15, 0.2) is 0 Å². The predicted octanol–water partition coefficient (Wildman–Crippen LogP) is 6.37. The first kappa shape index (κ1) is 30.8. The van der Waals surface area contributed by atoms with E-state index in [1.807, 2.05) is 0 Å². The topological polar surface area (TPSA) is 53.1 Å². The molecule has 16 heteroatoms. The molecule has 3 aromatic carbocycles. The Balaban J connectivity index is 1.61. The first-order valence-electron chi connectivity index (χ1n) is 12.7. The van der Waals surface area contributed by atoms with Crippen LogP contribution in [0.1, 0.15) is 5.56 Å². The first-order valence-corrected chi connectivity index (χ1v) is 14.1. The monoisotopic (exact) mass is 639 g/mol. The lowest BCUT2D eigenvalue weighted by Gasteiger charge is -2.49. The summed E-state index contributed by atoms with van der Waals surface area (Å²) in [6, 6.07) is 9.27. The zero-order valence-electron chi connectivity index (χ0n) is 21.8. The molecule has 1 unspecified atom stereocenters. The van der Waals surface area contributed by atoms with Crippen molar-refractivity contribution in [2.75, 3.05) is 41.9 Å². The highest BCUT2D eigenvalue weighted by Gasteiger charge is 2.42.